The van der Waals surface area contributed by atoms with Gasteiger partial charge in [0, 0.05) is 24.3 Å². The summed E-state index contributed by atoms with van der Waals surface area (Å²) in [5.74, 6) is 0.495. The van der Waals surface area contributed by atoms with Crippen molar-refractivity contribution in [3.8, 4) is 0 Å². The molecular formula is C21H29BN2O2. The van der Waals surface area contributed by atoms with Gasteiger partial charge in [-0.15, -0.1) is 0 Å². The molecule has 0 atom stereocenters. The molecular weight excluding hydrogens is 323 g/mol. The number of benzene rings is 1. The second kappa shape index (κ2) is 6.63. The van der Waals surface area contributed by atoms with Crippen LogP contribution in [0.25, 0.3) is 10.8 Å². The summed E-state index contributed by atoms with van der Waals surface area (Å²) in [6.45, 7) is 11.8. The molecule has 138 valence electrons. The van der Waals surface area contributed by atoms with Crippen LogP contribution in [0.4, 0.5) is 0 Å². The summed E-state index contributed by atoms with van der Waals surface area (Å²) in [6, 6.07) is 8.78. The zero-order chi connectivity index (χ0) is 18.4. The molecule has 0 unspecified atom stereocenters. The number of hydrogen-bond donors (Lipinski definition) is 0. The lowest BCUT2D eigenvalue weighted by Crippen LogP contribution is -2.41. The van der Waals surface area contributed by atoms with Crippen LogP contribution in [-0.2, 0) is 15.9 Å². The number of hydrogen-bond acceptors (Lipinski definition) is 4. The van der Waals surface area contributed by atoms with E-state index < -0.39 is 0 Å². The fourth-order valence-corrected chi connectivity index (χ4v) is 3.95. The molecule has 0 aliphatic carbocycles. The Bertz CT molecular complexity index is 768. The van der Waals surface area contributed by atoms with E-state index in [0.29, 0.717) is 5.82 Å². The SMILES string of the molecule is CC1(C)OB(C2CCN(Cc3ccc4cnccc4c3)CC2)OC1(C)C. The molecule has 1 aromatic carbocycles. The van der Waals surface area contributed by atoms with Crippen molar-refractivity contribution in [2.45, 2.75) is 64.1 Å². The molecule has 5 heteroatoms. The lowest BCUT2D eigenvalue weighted by molar-refractivity contribution is 0.00578. The minimum absolute atomic E-state index is 0.0599. The number of likely N-dealkylation sites (tertiary alicyclic amines) is 1. The molecule has 1 aromatic heterocycles. The maximum atomic E-state index is 6.26. The third-order valence-electron chi connectivity index (χ3n) is 6.40. The van der Waals surface area contributed by atoms with E-state index >= 15 is 0 Å². The highest BCUT2D eigenvalue weighted by molar-refractivity contribution is 6.47. The maximum absolute atomic E-state index is 6.26. The zero-order valence-corrected chi connectivity index (χ0v) is 16.4. The van der Waals surface area contributed by atoms with Gasteiger partial charge in [-0.2, -0.15) is 0 Å². The summed E-state index contributed by atoms with van der Waals surface area (Å²) in [5, 5.41) is 2.47. The van der Waals surface area contributed by atoms with Gasteiger partial charge in [-0.05, 0) is 82.5 Å². The van der Waals surface area contributed by atoms with Crippen molar-refractivity contribution in [1.29, 1.82) is 0 Å². The molecule has 3 heterocycles. The van der Waals surface area contributed by atoms with Gasteiger partial charge in [0.25, 0.3) is 0 Å². The highest BCUT2D eigenvalue weighted by Crippen LogP contribution is 2.42. The van der Waals surface area contributed by atoms with Crippen LogP contribution in [0.2, 0.25) is 5.82 Å². The van der Waals surface area contributed by atoms with Crippen LogP contribution in [-0.4, -0.2) is 41.3 Å². The fraction of sp³-hybridized carbons (Fsp3) is 0.571. The Morgan fingerprint density at radius 3 is 2.42 bits per heavy atom. The molecule has 0 amide bonds. The molecule has 0 N–H and O–H groups in total. The van der Waals surface area contributed by atoms with Gasteiger partial charge in [0.05, 0.1) is 11.2 Å². The second-order valence-corrected chi connectivity index (χ2v) is 8.80. The van der Waals surface area contributed by atoms with Gasteiger partial charge >= 0.3 is 7.12 Å². The molecule has 2 saturated heterocycles. The van der Waals surface area contributed by atoms with E-state index in [-0.39, 0.29) is 18.3 Å². The van der Waals surface area contributed by atoms with Crippen molar-refractivity contribution in [3.05, 3.63) is 42.2 Å². The normalized spacial score (nSPS) is 23.6. The predicted octanol–water partition coefficient (Wildman–Crippen LogP) is 4.29. The van der Waals surface area contributed by atoms with Gasteiger partial charge in [-0.3, -0.25) is 9.88 Å². The van der Waals surface area contributed by atoms with E-state index in [1.807, 2.05) is 12.4 Å². The molecule has 4 nitrogen and oxygen atoms in total. The zero-order valence-electron chi connectivity index (χ0n) is 16.4. The van der Waals surface area contributed by atoms with Crippen molar-refractivity contribution in [2.75, 3.05) is 13.1 Å². The van der Waals surface area contributed by atoms with Gasteiger partial charge in [-0.25, -0.2) is 0 Å². The number of rotatable bonds is 3. The molecule has 2 aliphatic heterocycles. The Hall–Kier alpha value is -1.43. The van der Waals surface area contributed by atoms with Crippen LogP contribution in [0.3, 0.4) is 0 Å². The number of piperidine rings is 1. The van der Waals surface area contributed by atoms with Crippen LogP contribution in [0.1, 0.15) is 46.1 Å². The monoisotopic (exact) mass is 352 g/mol. The number of nitrogens with zero attached hydrogens (tertiary/aromatic N) is 2. The molecule has 2 aliphatic rings. The summed E-state index contributed by atoms with van der Waals surface area (Å²) in [5.41, 5.74) is 0.918. The largest absolute Gasteiger partial charge is 0.461 e. The molecule has 2 fully saturated rings. The van der Waals surface area contributed by atoms with Crippen LogP contribution in [0, 0.1) is 0 Å². The van der Waals surface area contributed by atoms with Gasteiger partial charge < -0.3 is 9.31 Å². The maximum Gasteiger partial charge on any atom is 0.461 e. The first-order valence-electron chi connectivity index (χ1n) is 9.75. The summed E-state index contributed by atoms with van der Waals surface area (Å²) in [4.78, 5) is 6.74. The second-order valence-electron chi connectivity index (χ2n) is 8.80. The Morgan fingerprint density at radius 1 is 1.04 bits per heavy atom. The van der Waals surface area contributed by atoms with Crippen LogP contribution < -0.4 is 0 Å². The van der Waals surface area contributed by atoms with Crippen molar-refractivity contribution >= 4 is 17.9 Å². The molecule has 26 heavy (non-hydrogen) atoms. The topological polar surface area (TPSA) is 34.6 Å². The van der Waals surface area contributed by atoms with Crippen molar-refractivity contribution in [2.24, 2.45) is 0 Å². The van der Waals surface area contributed by atoms with Gasteiger partial charge in [0.2, 0.25) is 0 Å². The summed E-state index contributed by atoms with van der Waals surface area (Å²) >= 11 is 0. The van der Waals surface area contributed by atoms with Crippen LogP contribution >= 0.6 is 0 Å². The molecule has 2 aromatic rings. The standard InChI is InChI=1S/C21H29BN2O2/c1-20(2)21(3,4)26-22(25-20)19-8-11-24(12-9-19)15-16-5-6-18-14-23-10-7-17(18)13-16/h5-7,10,13-14,19H,8-9,11-12,15H2,1-4H3. The summed E-state index contributed by atoms with van der Waals surface area (Å²) in [7, 11) is -0.0599. The first-order chi connectivity index (χ1) is 12.3. The van der Waals surface area contributed by atoms with Crippen molar-refractivity contribution < 1.29 is 9.31 Å². The van der Waals surface area contributed by atoms with E-state index in [2.05, 4.69) is 61.8 Å². The number of aromatic nitrogens is 1. The van der Waals surface area contributed by atoms with E-state index in [1.54, 1.807) is 0 Å². The van der Waals surface area contributed by atoms with E-state index in [9.17, 15) is 0 Å². The number of pyridine rings is 1. The van der Waals surface area contributed by atoms with Gasteiger partial charge in [0.15, 0.2) is 0 Å². The Balaban J connectivity index is 1.35. The van der Waals surface area contributed by atoms with Crippen molar-refractivity contribution in [1.82, 2.24) is 9.88 Å². The Morgan fingerprint density at radius 2 is 1.73 bits per heavy atom. The molecule has 0 saturated carbocycles. The van der Waals surface area contributed by atoms with E-state index in [1.165, 1.54) is 16.3 Å². The molecule has 0 radical (unpaired) electrons. The first kappa shape index (κ1) is 18.0. The Kier molecular flexibility index (Phi) is 4.58. The van der Waals surface area contributed by atoms with E-state index in [4.69, 9.17) is 9.31 Å². The molecule has 0 spiro atoms. The minimum Gasteiger partial charge on any atom is -0.403 e. The minimum atomic E-state index is -0.227. The third kappa shape index (κ3) is 3.40. The number of fused-ring (bicyclic) bond motifs is 1. The smallest absolute Gasteiger partial charge is 0.403 e. The lowest BCUT2D eigenvalue weighted by atomic mass is 9.67. The molecule has 0 bridgehead atoms. The van der Waals surface area contributed by atoms with Crippen LogP contribution in [0.15, 0.2) is 36.7 Å². The highest BCUT2D eigenvalue weighted by atomic mass is 16.7. The van der Waals surface area contributed by atoms with Gasteiger partial charge in [-0.1, -0.05) is 12.1 Å². The first-order valence-corrected chi connectivity index (χ1v) is 9.75. The highest BCUT2D eigenvalue weighted by Gasteiger charge is 2.53. The molecule has 4 rings (SSSR count). The lowest BCUT2D eigenvalue weighted by Gasteiger charge is -2.32. The fourth-order valence-electron chi connectivity index (χ4n) is 3.95. The quantitative estimate of drug-likeness (QED) is 0.772. The summed E-state index contributed by atoms with van der Waals surface area (Å²) < 4.78 is 12.5. The Labute approximate surface area is 157 Å². The van der Waals surface area contributed by atoms with Crippen LogP contribution in [0.5, 0.6) is 0 Å². The summed E-state index contributed by atoms with van der Waals surface area (Å²) in [6.07, 6.45) is 6.06. The van der Waals surface area contributed by atoms with Crippen molar-refractivity contribution in [3.63, 3.8) is 0 Å². The van der Waals surface area contributed by atoms with Gasteiger partial charge in [0.1, 0.15) is 0 Å². The van der Waals surface area contributed by atoms with E-state index in [0.717, 1.165) is 32.5 Å². The predicted molar refractivity (Wildman–Crippen MR) is 106 cm³/mol. The average Bonchev–Trinajstić information content (AvgIpc) is 2.83. The average molecular weight is 352 g/mol. The third-order valence-corrected chi connectivity index (χ3v) is 6.40.